The molecule has 2 N–H and O–H groups in total. The number of ketones is 1. The highest BCUT2D eigenvalue weighted by molar-refractivity contribution is 6.46. The van der Waals surface area contributed by atoms with Gasteiger partial charge in [0.15, 0.2) is 0 Å². The summed E-state index contributed by atoms with van der Waals surface area (Å²) in [4.78, 5) is 11.2. The van der Waals surface area contributed by atoms with Crippen molar-refractivity contribution >= 4 is 17.4 Å². The molecule has 0 unspecified atom stereocenters. The van der Waals surface area contributed by atoms with Crippen LogP contribution in [-0.2, 0) is 4.79 Å². The van der Waals surface area contributed by atoms with Gasteiger partial charge < -0.3 is 10.4 Å². The first-order chi connectivity index (χ1) is 5.72. The van der Waals surface area contributed by atoms with Gasteiger partial charge in [0.25, 0.3) is 0 Å². The van der Waals surface area contributed by atoms with Crippen molar-refractivity contribution in [3.63, 3.8) is 0 Å². The number of carbonyl (C=O) groups is 1. The molecule has 2 aliphatic rings. The zero-order valence-corrected chi connectivity index (χ0v) is 6.85. The van der Waals surface area contributed by atoms with Gasteiger partial charge in [-0.3, -0.25) is 4.79 Å². The molecule has 1 heterocycles. The summed E-state index contributed by atoms with van der Waals surface area (Å²) < 4.78 is 0. The highest BCUT2D eigenvalue weighted by Gasteiger charge is 2.31. The standard InChI is InChI=1S/C8H6ClNO2/c9-5-7(11)4-2-1-3-10-6(4)8(5)12/h1,3,10-11H,2H2. The normalized spacial score (nSPS) is 21.6. The molecule has 0 spiro atoms. The van der Waals surface area contributed by atoms with E-state index in [2.05, 4.69) is 5.32 Å². The molecule has 0 atom stereocenters. The quantitative estimate of drug-likeness (QED) is 0.596. The minimum atomic E-state index is -0.325. The van der Waals surface area contributed by atoms with Crippen LogP contribution in [0.25, 0.3) is 0 Å². The maximum atomic E-state index is 11.2. The zero-order chi connectivity index (χ0) is 8.72. The molecule has 3 nitrogen and oxygen atoms in total. The van der Waals surface area contributed by atoms with Gasteiger partial charge in [0.1, 0.15) is 10.8 Å². The third-order valence-electron chi connectivity index (χ3n) is 1.89. The fraction of sp³-hybridized carbons (Fsp3) is 0.125. The van der Waals surface area contributed by atoms with E-state index in [1.165, 1.54) is 0 Å². The second-order valence-electron chi connectivity index (χ2n) is 2.60. The van der Waals surface area contributed by atoms with Gasteiger partial charge in [-0.15, -0.1) is 0 Å². The number of aliphatic hydroxyl groups excluding tert-OH is 1. The van der Waals surface area contributed by atoms with Crippen LogP contribution in [-0.4, -0.2) is 10.9 Å². The van der Waals surface area contributed by atoms with Crippen molar-refractivity contribution in [3.05, 3.63) is 34.3 Å². The maximum Gasteiger partial charge on any atom is 0.224 e. The Balaban J connectivity index is 2.48. The first kappa shape index (κ1) is 7.43. The highest BCUT2D eigenvalue weighted by Crippen LogP contribution is 2.32. The largest absolute Gasteiger partial charge is 0.506 e. The Labute approximate surface area is 74.0 Å². The number of rotatable bonds is 0. The topological polar surface area (TPSA) is 49.3 Å². The molecule has 62 valence electrons. The third-order valence-corrected chi connectivity index (χ3v) is 2.24. The van der Waals surface area contributed by atoms with Gasteiger partial charge in [-0.05, 0) is 12.6 Å². The second kappa shape index (κ2) is 2.38. The molecule has 0 amide bonds. The predicted octanol–water partition coefficient (Wildman–Crippen LogP) is 1.34. The van der Waals surface area contributed by atoms with Crippen LogP contribution in [0.2, 0.25) is 0 Å². The van der Waals surface area contributed by atoms with E-state index in [4.69, 9.17) is 11.6 Å². The number of allylic oxidation sites excluding steroid dienone is 3. The minimum absolute atomic E-state index is 0.0869. The molecule has 12 heavy (non-hydrogen) atoms. The van der Waals surface area contributed by atoms with Crippen molar-refractivity contribution < 1.29 is 9.90 Å². The van der Waals surface area contributed by atoms with E-state index in [1.807, 2.05) is 6.08 Å². The summed E-state index contributed by atoms with van der Waals surface area (Å²) in [7, 11) is 0. The summed E-state index contributed by atoms with van der Waals surface area (Å²) >= 11 is 5.56. The average Bonchev–Trinajstić information content (AvgIpc) is 2.33. The van der Waals surface area contributed by atoms with Crippen molar-refractivity contribution in [2.45, 2.75) is 6.42 Å². The number of hydrogen-bond donors (Lipinski definition) is 2. The Kier molecular flexibility index (Phi) is 1.48. The molecule has 1 aliphatic carbocycles. The number of carbonyl (C=O) groups excluding carboxylic acids is 1. The van der Waals surface area contributed by atoms with E-state index in [0.717, 1.165) is 0 Å². The Bertz CT molecular complexity index is 352. The lowest BCUT2D eigenvalue weighted by atomic mass is 10.1. The predicted molar refractivity (Wildman–Crippen MR) is 44.4 cm³/mol. The summed E-state index contributed by atoms with van der Waals surface area (Å²) in [6.07, 6.45) is 4.04. The SMILES string of the molecule is O=C1C(Cl)=C(O)C2=C1NC=CC2. The lowest BCUT2D eigenvalue weighted by Gasteiger charge is -2.08. The summed E-state index contributed by atoms with van der Waals surface area (Å²) in [5, 5.41) is 12.0. The second-order valence-corrected chi connectivity index (χ2v) is 2.97. The number of nitrogens with one attached hydrogen (secondary N) is 1. The van der Waals surface area contributed by atoms with Gasteiger partial charge in [-0.2, -0.15) is 0 Å². The van der Waals surface area contributed by atoms with Crippen LogP contribution in [0.5, 0.6) is 0 Å². The highest BCUT2D eigenvalue weighted by atomic mass is 35.5. The minimum Gasteiger partial charge on any atom is -0.506 e. The molecule has 0 bridgehead atoms. The van der Waals surface area contributed by atoms with Crippen molar-refractivity contribution in [2.24, 2.45) is 0 Å². The lowest BCUT2D eigenvalue weighted by Crippen LogP contribution is -2.16. The van der Waals surface area contributed by atoms with Crippen molar-refractivity contribution in [2.75, 3.05) is 0 Å². The van der Waals surface area contributed by atoms with Crippen LogP contribution < -0.4 is 5.32 Å². The summed E-state index contributed by atoms with van der Waals surface area (Å²) in [6.45, 7) is 0. The van der Waals surface area contributed by atoms with E-state index >= 15 is 0 Å². The number of halogens is 1. The molecule has 1 aliphatic heterocycles. The van der Waals surface area contributed by atoms with Gasteiger partial charge >= 0.3 is 0 Å². The molecule has 4 heteroatoms. The van der Waals surface area contributed by atoms with Crippen molar-refractivity contribution in [1.82, 2.24) is 5.32 Å². The van der Waals surface area contributed by atoms with Gasteiger partial charge in [0.2, 0.25) is 5.78 Å². The molecule has 0 saturated carbocycles. The van der Waals surface area contributed by atoms with Gasteiger partial charge in [-0.25, -0.2) is 0 Å². The molecular formula is C8H6ClNO2. The molecule has 0 radical (unpaired) electrons. The molecule has 0 saturated heterocycles. The molecule has 0 aromatic heterocycles. The fourth-order valence-corrected chi connectivity index (χ4v) is 1.48. The van der Waals surface area contributed by atoms with Crippen LogP contribution in [0.3, 0.4) is 0 Å². The lowest BCUT2D eigenvalue weighted by molar-refractivity contribution is -0.111. The maximum absolute atomic E-state index is 11.2. The molecule has 0 aromatic carbocycles. The van der Waals surface area contributed by atoms with Crippen LogP contribution in [0.1, 0.15) is 6.42 Å². The van der Waals surface area contributed by atoms with E-state index in [9.17, 15) is 9.90 Å². The van der Waals surface area contributed by atoms with E-state index in [-0.39, 0.29) is 16.6 Å². The van der Waals surface area contributed by atoms with Crippen LogP contribution in [0, 0.1) is 0 Å². The fourth-order valence-electron chi connectivity index (χ4n) is 1.28. The molecule has 0 aromatic rings. The van der Waals surface area contributed by atoms with E-state index < -0.39 is 0 Å². The first-order valence-corrected chi connectivity index (χ1v) is 3.88. The van der Waals surface area contributed by atoms with Crippen molar-refractivity contribution in [1.29, 1.82) is 0 Å². The summed E-state index contributed by atoms with van der Waals surface area (Å²) in [5.41, 5.74) is 0.993. The first-order valence-electron chi connectivity index (χ1n) is 3.50. The van der Waals surface area contributed by atoms with E-state index in [1.54, 1.807) is 6.20 Å². The van der Waals surface area contributed by atoms with E-state index in [0.29, 0.717) is 17.7 Å². The monoisotopic (exact) mass is 183 g/mol. The smallest absolute Gasteiger partial charge is 0.224 e. The van der Waals surface area contributed by atoms with Gasteiger partial charge in [0, 0.05) is 5.57 Å². The van der Waals surface area contributed by atoms with Crippen LogP contribution in [0.15, 0.2) is 34.3 Å². The summed E-state index contributed by atoms with van der Waals surface area (Å²) in [5.74, 6) is -0.415. The Morgan fingerprint density at radius 3 is 3.00 bits per heavy atom. The van der Waals surface area contributed by atoms with Crippen LogP contribution >= 0.6 is 11.6 Å². The zero-order valence-electron chi connectivity index (χ0n) is 6.10. The Morgan fingerprint density at radius 2 is 2.33 bits per heavy atom. The number of dihydropyridines is 1. The van der Waals surface area contributed by atoms with Gasteiger partial charge in [0.05, 0.1) is 5.70 Å². The van der Waals surface area contributed by atoms with Crippen LogP contribution in [0.4, 0.5) is 0 Å². The van der Waals surface area contributed by atoms with Gasteiger partial charge in [-0.1, -0.05) is 17.7 Å². The average molecular weight is 184 g/mol. The summed E-state index contributed by atoms with van der Waals surface area (Å²) in [6, 6.07) is 0. The van der Waals surface area contributed by atoms with Crippen molar-refractivity contribution in [3.8, 4) is 0 Å². The number of hydrogen-bond acceptors (Lipinski definition) is 3. The third kappa shape index (κ3) is 0.800. The Morgan fingerprint density at radius 1 is 1.58 bits per heavy atom. The Hall–Kier alpha value is -1.22. The molecular weight excluding hydrogens is 178 g/mol. The molecule has 0 fully saturated rings. The molecule has 2 rings (SSSR count). The number of aliphatic hydroxyl groups is 1. The number of Topliss-reactive ketones (excluding diaryl/α,β-unsaturated/α-hetero) is 1.